The number of hydrogen-bond acceptors (Lipinski definition) is 3. The fraction of sp³-hybridized carbons (Fsp3) is 1.00. The quantitative estimate of drug-likeness (QED) is 0.841. The zero-order valence-corrected chi connectivity index (χ0v) is 13.5. The van der Waals surface area contributed by atoms with Gasteiger partial charge in [-0.1, -0.05) is 38.5 Å². The van der Waals surface area contributed by atoms with Crippen LogP contribution in [0.5, 0.6) is 0 Å². The van der Waals surface area contributed by atoms with Crippen molar-refractivity contribution in [2.75, 3.05) is 13.1 Å². The van der Waals surface area contributed by atoms with Gasteiger partial charge in [0.15, 0.2) is 0 Å². The standard InChI is InChI=1S/C18H33NO2/c20-17-10-3-2-8-15(17)16-9-4-7-13-19(16)14-18(21)11-5-1-6-12-18/h15-17,20-21H,1-14H2. The Morgan fingerprint density at radius 2 is 1.57 bits per heavy atom. The lowest BCUT2D eigenvalue weighted by molar-refractivity contribution is -0.0673. The minimum absolute atomic E-state index is 0.106. The SMILES string of the molecule is OC1CCCCC1C1CCCCN1CC1(O)CCCCC1. The van der Waals surface area contributed by atoms with E-state index in [2.05, 4.69) is 4.90 Å². The second-order valence-electron chi connectivity index (χ2n) is 7.83. The molecule has 2 saturated carbocycles. The second-order valence-corrected chi connectivity index (χ2v) is 7.83. The van der Waals surface area contributed by atoms with Gasteiger partial charge in [-0.05, 0) is 45.1 Å². The van der Waals surface area contributed by atoms with Crippen LogP contribution in [0.25, 0.3) is 0 Å². The molecular weight excluding hydrogens is 262 g/mol. The van der Waals surface area contributed by atoms with E-state index in [-0.39, 0.29) is 6.10 Å². The summed E-state index contributed by atoms with van der Waals surface area (Å²) in [5, 5.41) is 21.3. The van der Waals surface area contributed by atoms with Crippen LogP contribution < -0.4 is 0 Å². The molecule has 2 N–H and O–H groups in total. The monoisotopic (exact) mass is 295 g/mol. The molecule has 0 bridgehead atoms. The van der Waals surface area contributed by atoms with Crippen molar-refractivity contribution in [1.82, 2.24) is 4.90 Å². The Hall–Kier alpha value is -0.120. The molecule has 122 valence electrons. The molecule has 0 amide bonds. The number of aliphatic hydroxyl groups excluding tert-OH is 1. The number of hydrogen-bond donors (Lipinski definition) is 2. The number of aliphatic hydroxyl groups is 2. The molecular formula is C18H33NO2. The fourth-order valence-electron chi connectivity index (χ4n) is 5.03. The lowest BCUT2D eigenvalue weighted by Crippen LogP contribution is -2.54. The van der Waals surface area contributed by atoms with Gasteiger partial charge in [-0.25, -0.2) is 0 Å². The van der Waals surface area contributed by atoms with Crippen molar-refractivity contribution < 1.29 is 10.2 Å². The van der Waals surface area contributed by atoms with Crippen LogP contribution in [-0.4, -0.2) is 45.9 Å². The molecule has 1 saturated heterocycles. The molecule has 3 aliphatic rings. The van der Waals surface area contributed by atoms with Gasteiger partial charge in [0.1, 0.15) is 0 Å². The Morgan fingerprint density at radius 3 is 2.33 bits per heavy atom. The number of piperidine rings is 1. The van der Waals surface area contributed by atoms with Crippen molar-refractivity contribution in [2.45, 2.75) is 94.8 Å². The highest BCUT2D eigenvalue weighted by atomic mass is 16.3. The van der Waals surface area contributed by atoms with Crippen LogP contribution >= 0.6 is 0 Å². The van der Waals surface area contributed by atoms with E-state index in [1.54, 1.807) is 0 Å². The highest BCUT2D eigenvalue weighted by Crippen LogP contribution is 2.36. The number of rotatable bonds is 3. The van der Waals surface area contributed by atoms with Crippen molar-refractivity contribution in [3.63, 3.8) is 0 Å². The maximum Gasteiger partial charge on any atom is 0.0774 e. The molecule has 3 atom stereocenters. The van der Waals surface area contributed by atoms with Crippen LogP contribution in [0.15, 0.2) is 0 Å². The Bertz CT molecular complexity index is 327. The Balaban J connectivity index is 1.66. The van der Waals surface area contributed by atoms with Gasteiger partial charge in [-0.2, -0.15) is 0 Å². The first-order valence-electron chi connectivity index (χ1n) is 9.32. The largest absolute Gasteiger partial charge is 0.393 e. The predicted molar refractivity (Wildman–Crippen MR) is 85.2 cm³/mol. The summed E-state index contributed by atoms with van der Waals surface area (Å²) in [7, 11) is 0. The molecule has 3 fully saturated rings. The zero-order valence-electron chi connectivity index (χ0n) is 13.5. The fourth-order valence-corrected chi connectivity index (χ4v) is 5.03. The van der Waals surface area contributed by atoms with Gasteiger partial charge in [-0.3, -0.25) is 4.90 Å². The van der Waals surface area contributed by atoms with E-state index in [4.69, 9.17) is 0 Å². The van der Waals surface area contributed by atoms with E-state index >= 15 is 0 Å². The summed E-state index contributed by atoms with van der Waals surface area (Å²) < 4.78 is 0. The Morgan fingerprint density at radius 1 is 0.857 bits per heavy atom. The molecule has 0 aromatic carbocycles. The predicted octanol–water partition coefficient (Wildman–Crippen LogP) is 3.09. The molecule has 1 aliphatic heterocycles. The molecule has 0 spiro atoms. The van der Waals surface area contributed by atoms with Gasteiger partial charge < -0.3 is 10.2 Å². The van der Waals surface area contributed by atoms with Gasteiger partial charge in [-0.15, -0.1) is 0 Å². The van der Waals surface area contributed by atoms with Crippen LogP contribution in [0.2, 0.25) is 0 Å². The van der Waals surface area contributed by atoms with Crippen LogP contribution in [0.3, 0.4) is 0 Å². The highest BCUT2D eigenvalue weighted by molar-refractivity contribution is 4.93. The van der Waals surface area contributed by atoms with Crippen molar-refractivity contribution in [1.29, 1.82) is 0 Å². The van der Waals surface area contributed by atoms with E-state index in [1.807, 2.05) is 0 Å². The number of nitrogens with zero attached hydrogens (tertiary/aromatic N) is 1. The molecule has 0 radical (unpaired) electrons. The van der Waals surface area contributed by atoms with E-state index < -0.39 is 5.60 Å². The van der Waals surface area contributed by atoms with Crippen LogP contribution in [0, 0.1) is 5.92 Å². The topological polar surface area (TPSA) is 43.7 Å². The highest BCUT2D eigenvalue weighted by Gasteiger charge is 2.39. The molecule has 2 aliphatic carbocycles. The third-order valence-electron chi connectivity index (χ3n) is 6.22. The van der Waals surface area contributed by atoms with Crippen molar-refractivity contribution in [3.05, 3.63) is 0 Å². The normalized spacial score (nSPS) is 38.3. The smallest absolute Gasteiger partial charge is 0.0774 e. The first kappa shape index (κ1) is 15.8. The average Bonchev–Trinajstić information content (AvgIpc) is 2.49. The van der Waals surface area contributed by atoms with Gasteiger partial charge in [0.05, 0.1) is 11.7 Å². The van der Waals surface area contributed by atoms with Crippen LogP contribution in [0.4, 0.5) is 0 Å². The lowest BCUT2D eigenvalue weighted by atomic mass is 9.77. The molecule has 3 heteroatoms. The lowest BCUT2D eigenvalue weighted by Gasteiger charge is -2.47. The van der Waals surface area contributed by atoms with Gasteiger partial charge in [0, 0.05) is 18.5 Å². The van der Waals surface area contributed by atoms with Crippen molar-refractivity contribution in [2.24, 2.45) is 5.92 Å². The number of likely N-dealkylation sites (tertiary alicyclic amines) is 1. The number of β-amino-alcohol motifs (C(OH)–C–C–N with tert-alkyl or cyclic N) is 1. The van der Waals surface area contributed by atoms with Crippen molar-refractivity contribution in [3.8, 4) is 0 Å². The zero-order chi connectivity index (χ0) is 14.7. The molecule has 0 aromatic heterocycles. The first-order valence-corrected chi connectivity index (χ1v) is 9.32. The first-order chi connectivity index (χ1) is 10.2. The summed E-state index contributed by atoms with van der Waals surface area (Å²) in [5.41, 5.74) is -0.451. The van der Waals surface area contributed by atoms with E-state index in [9.17, 15) is 10.2 Å². The van der Waals surface area contributed by atoms with E-state index in [0.29, 0.717) is 12.0 Å². The van der Waals surface area contributed by atoms with Crippen LogP contribution in [-0.2, 0) is 0 Å². The van der Waals surface area contributed by atoms with E-state index in [1.165, 1.54) is 57.8 Å². The summed E-state index contributed by atoms with van der Waals surface area (Å²) >= 11 is 0. The molecule has 21 heavy (non-hydrogen) atoms. The summed E-state index contributed by atoms with van der Waals surface area (Å²) in [5.74, 6) is 0.450. The summed E-state index contributed by atoms with van der Waals surface area (Å²) in [6.45, 7) is 1.97. The maximum absolute atomic E-state index is 10.9. The Labute approximate surface area is 129 Å². The Kier molecular flexibility index (Phi) is 5.23. The summed E-state index contributed by atoms with van der Waals surface area (Å²) in [6, 6.07) is 0.514. The molecule has 0 aromatic rings. The van der Waals surface area contributed by atoms with Gasteiger partial charge >= 0.3 is 0 Å². The molecule has 3 rings (SSSR count). The van der Waals surface area contributed by atoms with Gasteiger partial charge in [0.2, 0.25) is 0 Å². The van der Waals surface area contributed by atoms with E-state index in [0.717, 1.165) is 32.4 Å². The van der Waals surface area contributed by atoms with Gasteiger partial charge in [0.25, 0.3) is 0 Å². The average molecular weight is 295 g/mol. The molecule has 1 heterocycles. The molecule has 3 unspecified atom stereocenters. The van der Waals surface area contributed by atoms with Crippen LogP contribution in [0.1, 0.15) is 77.0 Å². The third-order valence-corrected chi connectivity index (χ3v) is 6.22. The molecule has 3 nitrogen and oxygen atoms in total. The third kappa shape index (κ3) is 3.80. The summed E-state index contributed by atoms with van der Waals surface area (Å²) in [6.07, 6.45) is 13.9. The second kappa shape index (κ2) is 6.97. The summed E-state index contributed by atoms with van der Waals surface area (Å²) in [4.78, 5) is 2.55. The maximum atomic E-state index is 10.9. The van der Waals surface area contributed by atoms with Crippen molar-refractivity contribution >= 4 is 0 Å². The minimum Gasteiger partial charge on any atom is -0.393 e. The minimum atomic E-state index is -0.451.